The molecule has 0 aromatic heterocycles. The van der Waals surface area contributed by atoms with Gasteiger partial charge < -0.3 is 14.9 Å². The van der Waals surface area contributed by atoms with Crippen LogP contribution in [0.15, 0.2) is 18.2 Å². The number of phenols is 1. The van der Waals surface area contributed by atoms with Gasteiger partial charge in [0.15, 0.2) is 0 Å². The summed E-state index contributed by atoms with van der Waals surface area (Å²) in [5.41, 5.74) is 2.84. The van der Waals surface area contributed by atoms with E-state index in [0.717, 1.165) is 32.3 Å². The normalized spacial score (nSPS) is 40.7. The Morgan fingerprint density at radius 2 is 2.12 bits per heavy atom. The number of hydrogen-bond donors (Lipinski definition) is 2. The summed E-state index contributed by atoms with van der Waals surface area (Å²) in [6.45, 7) is 5.77. The molecule has 3 nitrogen and oxygen atoms in total. The highest BCUT2D eigenvalue weighted by molar-refractivity contribution is 5.40. The lowest BCUT2D eigenvalue weighted by atomic mass is 9.55. The molecular formula is C21H30O3. The van der Waals surface area contributed by atoms with E-state index in [1.54, 1.807) is 0 Å². The van der Waals surface area contributed by atoms with E-state index in [2.05, 4.69) is 13.0 Å². The average molecular weight is 330 g/mol. The minimum Gasteiger partial charge on any atom is -0.508 e. The largest absolute Gasteiger partial charge is 0.508 e. The van der Waals surface area contributed by atoms with E-state index in [4.69, 9.17) is 4.74 Å². The maximum Gasteiger partial charge on any atom is 0.115 e. The molecule has 0 spiro atoms. The van der Waals surface area contributed by atoms with Gasteiger partial charge in [0.05, 0.1) is 12.7 Å². The molecule has 2 fully saturated rings. The van der Waals surface area contributed by atoms with Gasteiger partial charge in [-0.25, -0.2) is 0 Å². The Morgan fingerprint density at radius 3 is 2.92 bits per heavy atom. The van der Waals surface area contributed by atoms with Crippen LogP contribution in [0.2, 0.25) is 0 Å². The number of phenolic OH excluding ortho intramolecular Hbond substituents is 1. The van der Waals surface area contributed by atoms with Crippen LogP contribution in [0, 0.1) is 23.2 Å². The molecule has 6 unspecified atom stereocenters. The molecule has 1 aromatic rings. The lowest BCUT2D eigenvalue weighted by molar-refractivity contribution is -0.0427. The van der Waals surface area contributed by atoms with Crippen LogP contribution in [0.1, 0.15) is 56.6 Å². The predicted molar refractivity (Wildman–Crippen MR) is 94.1 cm³/mol. The van der Waals surface area contributed by atoms with Gasteiger partial charge in [-0.15, -0.1) is 0 Å². The van der Waals surface area contributed by atoms with Crippen LogP contribution in [-0.4, -0.2) is 29.5 Å². The smallest absolute Gasteiger partial charge is 0.115 e. The van der Waals surface area contributed by atoms with Gasteiger partial charge in [-0.05, 0) is 85.5 Å². The third-order valence-corrected chi connectivity index (χ3v) is 7.36. The number of hydrogen-bond acceptors (Lipinski definition) is 3. The minimum absolute atomic E-state index is 0.0529. The Balaban J connectivity index is 1.61. The zero-order valence-electron chi connectivity index (χ0n) is 14.9. The number of aromatic hydroxyl groups is 1. The highest BCUT2D eigenvalue weighted by atomic mass is 16.5. The number of benzene rings is 1. The quantitative estimate of drug-likeness (QED) is 0.884. The molecule has 0 saturated heterocycles. The van der Waals surface area contributed by atoms with Gasteiger partial charge in [0, 0.05) is 12.5 Å². The van der Waals surface area contributed by atoms with Crippen molar-refractivity contribution in [2.45, 2.75) is 58.0 Å². The molecule has 24 heavy (non-hydrogen) atoms. The first kappa shape index (κ1) is 16.4. The molecule has 3 heteroatoms. The van der Waals surface area contributed by atoms with Crippen molar-refractivity contribution in [3.05, 3.63) is 29.3 Å². The Morgan fingerprint density at radius 1 is 1.29 bits per heavy atom. The first-order chi connectivity index (χ1) is 11.5. The standard InChI is InChI=1S/C21H30O3/c1-3-24-12-14-11-19-18-6-4-13-10-15(22)5-7-16(13)17(18)8-9-21(19,2)20(14)23/h5,7,10,14,17-20,22-23H,3-4,6,8-9,11-12H2,1-2H3. The molecular weight excluding hydrogens is 300 g/mol. The van der Waals surface area contributed by atoms with Crippen molar-refractivity contribution in [3.8, 4) is 5.75 Å². The second-order valence-electron chi connectivity index (χ2n) is 8.44. The van der Waals surface area contributed by atoms with Crippen LogP contribution in [0.25, 0.3) is 0 Å². The number of rotatable bonds is 3. The summed E-state index contributed by atoms with van der Waals surface area (Å²) in [4.78, 5) is 0. The molecule has 0 aliphatic heterocycles. The summed E-state index contributed by atoms with van der Waals surface area (Å²) < 4.78 is 5.66. The second kappa shape index (κ2) is 6.03. The molecule has 3 aliphatic rings. The highest BCUT2D eigenvalue weighted by Gasteiger charge is 2.57. The first-order valence-electron chi connectivity index (χ1n) is 9.62. The van der Waals surface area contributed by atoms with E-state index < -0.39 is 0 Å². The van der Waals surface area contributed by atoms with Crippen LogP contribution in [0.5, 0.6) is 5.75 Å². The molecule has 3 aliphatic carbocycles. The van der Waals surface area contributed by atoms with Crippen LogP contribution < -0.4 is 0 Å². The average Bonchev–Trinajstić information content (AvgIpc) is 2.84. The van der Waals surface area contributed by atoms with Crippen molar-refractivity contribution in [3.63, 3.8) is 0 Å². The van der Waals surface area contributed by atoms with Crippen molar-refractivity contribution < 1.29 is 14.9 Å². The summed E-state index contributed by atoms with van der Waals surface area (Å²) in [7, 11) is 0. The Kier molecular flexibility index (Phi) is 4.12. The van der Waals surface area contributed by atoms with E-state index >= 15 is 0 Å². The second-order valence-corrected chi connectivity index (χ2v) is 8.44. The summed E-state index contributed by atoms with van der Waals surface area (Å²) in [6.07, 6.45) is 5.39. The lowest BCUT2D eigenvalue weighted by Gasteiger charge is -2.50. The minimum atomic E-state index is -0.226. The molecule has 1 aromatic carbocycles. The van der Waals surface area contributed by atoms with Gasteiger partial charge >= 0.3 is 0 Å². The number of aliphatic hydroxyl groups is 1. The van der Waals surface area contributed by atoms with E-state index in [1.807, 2.05) is 19.1 Å². The van der Waals surface area contributed by atoms with Crippen molar-refractivity contribution in [1.29, 1.82) is 0 Å². The summed E-state index contributed by atoms with van der Waals surface area (Å²) in [6, 6.07) is 5.95. The fourth-order valence-corrected chi connectivity index (χ4v) is 6.15. The predicted octanol–water partition coefficient (Wildman–Crippen LogP) is 3.87. The van der Waals surface area contributed by atoms with Gasteiger partial charge in [0.2, 0.25) is 0 Å². The molecule has 4 rings (SSSR count). The topological polar surface area (TPSA) is 49.7 Å². The number of fused-ring (bicyclic) bond motifs is 5. The monoisotopic (exact) mass is 330 g/mol. The first-order valence-corrected chi connectivity index (χ1v) is 9.62. The highest BCUT2D eigenvalue weighted by Crippen LogP contribution is 2.62. The van der Waals surface area contributed by atoms with E-state index in [0.29, 0.717) is 36.0 Å². The van der Waals surface area contributed by atoms with Gasteiger partial charge in [-0.2, -0.15) is 0 Å². The van der Waals surface area contributed by atoms with E-state index in [9.17, 15) is 10.2 Å². The fourth-order valence-electron chi connectivity index (χ4n) is 6.15. The van der Waals surface area contributed by atoms with Gasteiger partial charge in [0.25, 0.3) is 0 Å². The molecule has 0 amide bonds. The van der Waals surface area contributed by atoms with E-state index in [-0.39, 0.29) is 11.5 Å². The van der Waals surface area contributed by atoms with Crippen LogP contribution >= 0.6 is 0 Å². The lowest BCUT2D eigenvalue weighted by Crippen LogP contribution is -2.44. The number of aliphatic hydroxyl groups excluding tert-OH is 1. The molecule has 132 valence electrons. The maximum absolute atomic E-state index is 11.0. The fraction of sp³-hybridized carbons (Fsp3) is 0.714. The van der Waals surface area contributed by atoms with E-state index in [1.165, 1.54) is 17.5 Å². The van der Waals surface area contributed by atoms with Crippen LogP contribution in [0.4, 0.5) is 0 Å². The van der Waals surface area contributed by atoms with Gasteiger partial charge in [-0.1, -0.05) is 13.0 Å². The molecule has 0 radical (unpaired) electrons. The van der Waals surface area contributed by atoms with Gasteiger partial charge in [-0.3, -0.25) is 0 Å². The molecule has 6 atom stereocenters. The number of aryl methyl sites for hydroxylation is 1. The molecule has 0 bridgehead atoms. The molecule has 2 N–H and O–H groups in total. The van der Waals surface area contributed by atoms with Gasteiger partial charge in [0.1, 0.15) is 5.75 Å². The van der Waals surface area contributed by atoms with Crippen molar-refractivity contribution in [2.75, 3.05) is 13.2 Å². The molecule has 2 saturated carbocycles. The van der Waals surface area contributed by atoms with Crippen LogP contribution in [0.3, 0.4) is 0 Å². The SMILES string of the molecule is CCOCC1CC2C3CCc4cc(O)ccc4C3CCC2(C)C1O. The molecule has 0 heterocycles. The third kappa shape index (κ3) is 2.40. The van der Waals surface area contributed by atoms with Crippen LogP contribution in [-0.2, 0) is 11.2 Å². The summed E-state index contributed by atoms with van der Waals surface area (Å²) >= 11 is 0. The third-order valence-electron chi connectivity index (χ3n) is 7.36. The van der Waals surface area contributed by atoms with Crippen molar-refractivity contribution in [2.24, 2.45) is 23.2 Å². The summed E-state index contributed by atoms with van der Waals surface area (Å²) in [5, 5.41) is 20.8. The zero-order chi connectivity index (χ0) is 16.9. The Bertz CT molecular complexity index is 613. The Labute approximate surface area is 145 Å². The number of ether oxygens (including phenoxy) is 1. The zero-order valence-corrected chi connectivity index (χ0v) is 14.9. The Hall–Kier alpha value is -1.06. The van der Waals surface area contributed by atoms with Crippen molar-refractivity contribution in [1.82, 2.24) is 0 Å². The summed E-state index contributed by atoms with van der Waals surface area (Å²) in [5.74, 6) is 2.55. The maximum atomic E-state index is 11.0. The van der Waals surface area contributed by atoms with Crippen molar-refractivity contribution >= 4 is 0 Å².